The number of nitrogen functional groups attached to an aromatic ring is 1. The van der Waals surface area contributed by atoms with E-state index < -0.39 is 5.82 Å². The summed E-state index contributed by atoms with van der Waals surface area (Å²) in [5.41, 5.74) is 8.46. The molecular weight excluding hydrogens is 297 g/mol. The summed E-state index contributed by atoms with van der Waals surface area (Å²) >= 11 is 7.48. The van der Waals surface area contributed by atoms with Crippen LogP contribution in [0.4, 0.5) is 10.3 Å². The van der Waals surface area contributed by atoms with Gasteiger partial charge in [0.25, 0.3) is 0 Å². The third kappa shape index (κ3) is 2.17. The van der Waals surface area contributed by atoms with E-state index in [1.165, 1.54) is 27.5 Å². The molecule has 0 saturated carbocycles. The van der Waals surface area contributed by atoms with Crippen molar-refractivity contribution in [1.29, 1.82) is 0 Å². The van der Waals surface area contributed by atoms with Gasteiger partial charge in [0, 0.05) is 15.8 Å². The lowest BCUT2D eigenvalue weighted by Gasteiger charge is -2.04. The number of fused-ring (bicyclic) bond motifs is 1. The first-order valence-corrected chi connectivity index (χ1v) is 7.32. The van der Waals surface area contributed by atoms with Crippen LogP contribution in [0.3, 0.4) is 0 Å². The largest absolute Gasteiger partial charge is 0.369 e. The third-order valence-electron chi connectivity index (χ3n) is 3.35. The zero-order chi connectivity index (χ0) is 14.4. The zero-order valence-corrected chi connectivity index (χ0v) is 12.6. The van der Waals surface area contributed by atoms with Gasteiger partial charge in [0.2, 0.25) is 5.95 Å². The molecule has 0 radical (unpaired) electrons. The van der Waals surface area contributed by atoms with Crippen LogP contribution in [0, 0.1) is 19.7 Å². The van der Waals surface area contributed by atoms with Crippen molar-refractivity contribution in [3.63, 3.8) is 0 Å². The summed E-state index contributed by atoms with van der Waals surface area (Å²) in [5, 5.41) is 0.0602. The molecule has 3 aromatic rings. The summed E-state index contributed by atoms with van der Waals surface area (Å²) in [6.45, 7) is 4.74. The van der Waals surface area contributed by atoms with E-state index in [9.17, 15) is 4.39 Å². The van der Waals surface area contributed by atoms with Crippen LogP contribution in [0.15, 0.2) is 18.2 Å². The van der Waals surface area contributed by atoms with Gasteiger partial charge in [-0.2, -0.15) is 0 Å². The van der Waals surface area contributed by atoms with Crippen molar-refractivity contribution in [2.75, 3.05) is 5.73 Å². The number of imidazole rings is 1. The molecule has 0 atom stereocenters. The zero-order valence-electron chi connectivity index (χ0n) is 11.1. The molecule has 2 aromatic heterocycles. The van der Waals surface area contributed by atoms with Crippen molar-refractivity contribution in [1.82, 2.24) is 9.55 Å². The lowest BCUT2D eigenvalue weighted by Crippen LogP contribution is -2.03. The van der Waals surface area contributed by atoms with Gasteiger partial charge in [0.15, 0.2) is 0 Å². The van der Waals surface area contributed by atoms with Crippen molar-refractivity contribution < 1.29 is 4.39 Å². The Kier molecular flexibility index (Phi) is 3.18. The highest BCUT2D eigenvalue weighted by Crippen LogP contribution is 2.27. The van der Waals surface area contributed by atoms with Gasteiger partial charge in [-0.25, -0.2) is 9.37 Å². The average molecular weight is 310 g/mol. The fourth-order valence-electron chi connectivity index (χ4n) is 2.19. The van der Waals surface area contributed by atoms with Gasteiger partial charge in [-0.05, 0) is 31.5 Å². The minimum Gasteiger partial charge on any atom is -0.369 e. The maximum atomic E-state index is 13.6. The molecule has 3 rings (SSSR count). The molecule has 0 saturated heterocycles. The number of anilines is 1. The normalized spacial score (nSPS) is 11.4. The number of aromatic nitrogens is 2. The minimum absolute atomic E-state index is 0.0602. The van der Waals surface area contributed by atoms with Gasteiger partial charge in [-0.15, -0.1) is 11.3 Å². The van der Waals surface area contributed by atoms with Gasteiger partial charge in [-0.1, -0.05) is 11.6 Å². The van der Waals surface area contributed by atoms with Gasteiger partial charge < -0.3 is 10.3 Å². The highest BCUT2D eigenvalue weighted by Gasteiger charge is 2.13. The monoisotopic (exact) mass is 309 g/mol. The van der Waals surface area contributed by atoms with Crippen LogP contribution >= 0.6 is 22.9 Å². The Balaban J connectivity index is 2.11. The van der Waals surface area contributed by atoms with Crippen LogP contribution < -0.4 is 5.73 Å². The van der Waals surface area contributed by atoms with E-state index >= 15 is 0 Å². The predicted molar refractivity (Wildman–Crippen MR) is 82.0 cm³/mol. The van der Waals surface area contributed by atoms with E-state index in [4.69, 9.17) is 17.3 Å². The van der Waals surface area contributed by atoms with Gasteiger partial charge in [-0.3, -0.25) is 0 Å². The summed E-state index contributed by atoms with van der Waals surface area (Å²) < 4.78 is 15.4. The number of hydrogen-bond donors (Lipinski definition) is 1. The predicted octanol–water partition coefficient (Wildman–Crippen LogP) is 4.14. The summed E-state index contributed by atoms with van der Waals surface area (Å²) in [6.07, 6.45) is 0. The molecule has 3 nitrogen and oxygen atoms in total. The fraction of sp³-hybridized carbons (Fsp3) is 0.214. The van der Waals surface area contributed by atoms with Crippen LogP contribution in [-0.2, 0) is 6.54 Å². The number of thiophene rings is 1. The Bertz CT molecular complexity index is 787. The number of rotatable bonds is 2. The number of halogens is 2. The van der Waals surface area contributed by atoms with Crippen molar-refractivity contribution in [3.8, 4) is 0 Å². The number of nitrogens with two attached hydrogens (primary N) is 1. The summed E-state index contributed by atoms with van der Waals surface area (Å²) in [5.74, 6) is -0.0933. The minimum atomic E-state index is -0.459. The first kappa shape index (κ1) is 13.4. The quantitative estimate of drug-likeness (QED) is 0.773. The molecule has 0 aliphatic heterocycles. The first-order valence-electron chi connectivity index (χ1n) is 6.12. The maximum absolute atomic E-state index is 13.6. The second-order valence-corrected chi connectivity index (χ2v) is 6.51. The summed E-state index contributed by atoms with van der Waals surface area (Å²) in [6, 6.07) is 5.01. The molecular formula is C14H13ClFN3S. The van der Waals surface area contributed by atoms with E-state index in [2.05, 4.69) is 24.9 Å². The molecule has 0 aliphatic rings. The van der Waals surface area contributed by atoms with E-state index in [0.29, 0.717) is 23.5 Å². The Morgan fingerprint density at radius 2 is 2.10 bits per heavy atom. The van der Waals surface area contributed by atoms with Crippen LogP contribution in [0.1, 0.15) is 15.3 Å². The molecule has 0 fully saturated rings. The van der Waals surface area contributed by atoms with E-state index in [0.717, 1.165) is 0 Å². The molecule has 104 valence electrons. The van der Waals surface area contributed by atoms with Gasteiger partial charge in [0.1, 0.15) is 5.82 Å². The van der Waals surface area contributed by atoms with E-state index in [-0.39, 0.29) is 5.02 Å². The molecule has 0 aliphatic carbocycles. The molecule has 2 heterocycles. The van der Waals surface area contributed by atoms with Gasteiger partial charge in [0.05, 0.1) is 22.6 Å². The molecule has 0 unspecified atom stereocenters. The van der Waals surface area contributed by atoms with Crippen LogP contribution in [0.5, 0.6) is 0 Å². The van der Waals surface area contributed by atoms with E-state index in [1.807, 2.05) is 0 Å². The molecule has 0 spiro atoms. The Morgan fingerprint density at radius 1 is 1.35 bits per heavy atom. The first-order chi connectivity index (χ1) is 9.45. The molecule has 1 aromatic carbocycles. The second kappa shape index (κ2) is 4.75. The number of nitrogens with zero attached hydrogens (tertiary/aromatic N) is 2. The maximum Gasteiger partial charge on any atom is 0.201 e. The van der Waals surface area contributed by atoms with Gasteiger partial charge >= 0.3 is 0 Å². The molecule has 20 heavy (non-hydrogen) atoms. The Hall–Kier alpha value is -1.59. The SMILES string of the molecule is Cc1cc(Cn2c(N)nc3cc(Cl)c(F)cc32)sc1C. The fourth-order valence-corrected chi connectivity index (χ4v) is 3.39. The number of hydrogen-bond acceptors (Lipinski definition) is 3. The van der Waals surface area contributed by atoms with Crippen LogP contribution in [0.2, 0.25) is 5.02 Å². The molecule has 2 N–H and O–H groups in total. The average Bonchev–Trinajstić information content (AvgIpc) is 2.83. The highest BCUT2D eigenvalue weighted by atomic mass is 35.5. The van der Waals surface area contributed by atoms with Crippen molar-refractivity contribution >= 4 is 39.9 Å². The lowest BCUT2D eigenvalue weighted by molar-refractivity contribution is 0.629. The second-order valence-electron chi connectivity index (χ2n) is 4.76. The highest BCUT2D eigenvalue weighted by molar-refractivity contribution is 7.12. The lowest BCUT2D eigenvalue weighted by atomic mass is 10.2. The van der Waals surface area contributed by atoms with Crippen molar-refractivity contribution in [3.05, 3.63) is 44.4 Å². The summed E-state index contributed by atoms with van der Waals surface area (Å²) in [7, 11) is 0. The summed E-state index contributed by atoms with van der Waals surface area (Å²) in [4.78, 5) is 6.68. The molecule has 0 amide bonds. The van der Waals surface area contributed by atoms with Crippen LogP contribution in [0.25, 0.3) is 11.0 Å². The van der Waals surface area contributed by atoms with Crippen LogP contribution in [-0.4, -0.2) is 9.55 Å². The molecule has 0 bridgehead atoms. The Labute approximate surface area is 124 Å². The number of aryl methyl sites for hydroxylation is 2. The number of benzene rings is 1. The molecule has 6 heteroatoms. The standard InChI is InChI=1S/C14H13ClFN3S/c1-7-3-9(20-8(7)2)6-19-13-5-11(16)10(15)4-12(13)18-14(19)17/h3-5H,6H2,1-2H3,(H2,17,18). The van der Waals surface area contributed by atoms with Crippen molar-refractivity contribution in [2.45, 2.75) is 20.4 Å². The smallest absolute Gasteiger partial charge is 0.201 e. The Morgan fingerprint density at radius 3 is 2.75 bits per heavy atom. The van der Waals surface area contributed by atoms with E-state index in [1.54, 1.807) is 15.9 Å². The topological polar surface area (TPSA) is 43.8 Å². The van der Waals surface area contributed by atoms with Crippen molar-refractivity contribution in [2.24, 2.45) is 0 Å². The third-order valence-corrected chi connectivity index (χ3v) is 4.78.